The third-order valence-corrected chi connectivity index (χ3v) is 8.40. The molecule has 33 heavy (non-hydrogen) atoms. The van der Waals surface area contributed by atoms with E-state index < -0.39 is 0 Å². The molecule has 1 aromatic carbocycles. The van der Waals surface area contributed by atoms with Crippen LogP contribution >= 0.6 is 0 Å². The first-order chi connectivity index (χ1) is 16.0. The van der Waals surface area contributed by atoms with Crippen molar-refractivity contribution in [3.8, 4) is 0 Å². The molecule has 172 valence electrons. The maximum absolute atomic E-state index is 13.5. The lowest BCUT2D eigenvalue weighted by atomic mass is 9.61. The first kappa shape index (κ1) is 20.6. The zero-order valence-electron chi connectivity index (χ0n) is 19.4. The summed E-state index contributed by atoms with van der Waals surface area (Å²) in [6.45, 7) is 2.06. The van der Waals surface area contributed by atoms with E-state index in [-0.39, 0.29) is 22.8 Å². The lowest BCUT2D eigenvalue weighted by Gasteiger charge is -2.54. The molecule has 1 atom stereocenters. The molecule has 6 nitrogen and oxygen atoms in total. The Bertz CT molecular complexity index is 1160. The minimum atomic E-state index is -0.200. The molecule has 4 aliphatic carbocycles. The summed E-state index contributed by atoms with van der Waals surface area (Å²) in [6.07, 6.45) is 12.9. The van der Waals surface area contributed by atoms with Crippen LogP contribution in [0.4, 0.5) is 16.2 Å². The van der Waals surface area contributed by atoms with E-state index in [1.807, 2.05) is 25.5 Å². The third-order valence-electron chi connectivity index (χ3n) is 8.40. The Balaban J connectivity index is 1.27. The maximum Gasteiger partial charge on any atom is 0.225 e. The van der Waals surface area contributed by atoms with Gasteiger partial charge in [-0.2, -0.15) is 4.98 Å². The summed E-state index contributed by atoms with van der Waals surface area (Å²) < 4.78 is 15.8. The van der Waals surface area contributed by atoms with Gasteiger partial charge < -0.3 is 15.2 Å². The van der Waals surface area contributed by atoms with Crippen molar-refractivity contribution in [3.63, 3.8) is 0 Å². The van der Waals surface area contributed by atoms with Gasteiger partial charge in [-0.3, -0.25) is 0 Å². The van der Waals surface area contributed by atoms with Crippen LogP contribution in [0.2, 0.25) is 0 Å². The average Bonchev–Trinajstić information content (AvgIpc) is 3.47. The number of benzene rings is 1. The van der Waals surface area contributed by atoms with Crippen LogP contribution in [0.25, 0.3) is 0 Å². The van der Waals surface area contributed by atoms with Crippen LogP contribution in [0.3, 0.4) is 0 Å². The molecular weight excluding hydrogens is 415 g/mol. The number of nitrogens with one attached hydrogen (secondary N) is 2. The minimum Gasteiger partial charge on any atom is -0.373 e. The van der Waals surface area contributed by atoms with Crippen LogP contribution in [0.5, 0.6) is 0 Å². The first-order valence-electron chi connectivity index (χ1n) is 12.1. The topological polar surface area (TPSA) is 67.7 Å². The van der Waals surface area contributed by atoms with E-state index >= 15 is 0 Å². The van der Waals surface area contributed by atoms with E-state index in [1.54, 1.807) is 12.1 Å². The number of aromatic nitrogens is 4. The summed E-state index contributed by atoms with van der Waals surface area (Å²) in [5, 5.41) is 7.09. The summed E-state index contributed by atoms with van der Waals surface area (Å²) in [5.74, 6) is 1.62. The molecule has 0 radical (unpaired) electrons. The molecule has 0 aliphatic heterocycles. The van der Waals surface area contributed by atoms with E-state index in [2.05, 4.69) is 33.3 Å². The van der Waals surface area contributed by atoms with Gasteiger partial charge in [0.2, 0.25) is 5.95 Å². The Morgan fingerprint density at radius 2 is 1.76 bits per heavy atom. The number of aryl methyl sites for hydroxylation is 1. The molecule has 0 unspecified atom stereocenters. The number of hydrogen-bond donors (Lipinski definition) is 2. The van der Waals surface area contributed by atoms with E-state index in [4.69, 9.17) is 9.97 Å². The normalized spacial score (nSPS) is 28.0. The Morgan fingerprint density at radius 1 is 1.03 bits per heavy atom. The molecule has 0 saturated heterocycles. The zero-order chi connectivity index (χ0) is 22.6. The van der Waals surface area contributed by atoms with Gasteiger partial charge in [0.25, 0.3) is 0 Å². The van der Waals surface area contributed by atoms with Crippen molar-refractivity contribution in [3.05, 3.63) is 65.1 Å². The molecule has 7 rings (SSSR count). The first-order valence-corrected chi connectivity index (χ1v) is 12.1. The smallest absolute Gasteiger partial charge is 0.225 e. The van der Waals surface area contributed by atoms with Crippen molar-refractivity contribution in [2.45, 2.75) is 75.3 Å². The summed E-state index contributed by atoms with van der Waals surface area (Å²) in [6, 6.07) is 6.87. The molecule has 0 spiro atoms. The lowest BCUT2D eigenvalue weighted by molar-refractivity contribution is 0.0638. The van der Waals surface area contributed by atoms with Crippen molar-refractivity contribution < 1.29 is 4.39 Å². The molecule has 7 heteroatoms. The van der Waals surface area contributed by atoms with Crippen LogP contribution in [0.15, 0.2) is 36.8 Å². The van der Waals surface area contributed by atoms with Gasteiger partial charge in [0.05, 0.1) is 17.7 Å². The second kappa shape index (κ2) is 7.54. The fourth-order valence-electron chi connectivity index (χ4n) is 6.40. The molecule has 3 saturated carbocycles. The van der Waals surface area contributed by atoms with Gasteiger partial charge >= 0.3 is 0 Å². The van der Waals surface area contributed by atoms with Crippen LogP contribution in [0.1, 0.15) is 73.4 Å². The van der Waals surface area contributed by atoms with Crippen LogP contribution in [0, 0.1) is 12.7 Å². The monoisotopic (exact) mass is 446 g/mol. The van der Waals surface area contributed by atoms with Gasteiger partial charge in [-0.25, -0.2) is 14.4 Å². The molecule has 4 aliphatic rings. The zero-order valence-corrected chi connectivity index (χ0v) is 19.4. The lowest BCUT2D eigenvalue weighted by Crippen LogP contribution is -2.54. The van der Waals surface area contributed by atoms with Crippen molar-refractivity contribution in [2.75, 3.05) is 17.7 Å². The molecule has 2 N–H and O–H groups in total. The maximum atomic E-state index is 13.5. The summed E-state index contributed by atoms with van der Waals surface area (Å²) in [7, 11) is 1.93. The fraction of sp³-hybridized carbons (Fsp3) is 0.500. The molecule has 3 fully saturated rings. The number of nitrogens with zero attached hydrogens (tertiary/aromatic N) is 4. The number of halogens is 1. The van der Waals surface area contributed by atoms with E-state index in [0.29, 0.717) is 0 Å². The number of rotatable bonds is 5. The number of fused-ring (bicyclic) bond motifs is 4. The third kappa shape index (κ3) is 3.40. The van der Waals surface area contributed by atoms with Gasteiger partial charge in [-0.05, 0) is 76.0 Å². The van der Waals surface area contributed by atoms with Gasteiger partial charge in [-0.15, -0.1) is 0 Å². The predicted molar refractivity (Wildman–Crippen MR) is 127 cm³/mol. The fourth-order valence-corrected chi connectivity index (χ4v) is 6.40. The van der Waals surface area contributed by atoms with Gasteiger partial charge in [0.15, 0.2) is 0 Å². The number of anilines is 2. The number of hydrogen-bond acceptors (Lipinski definition) is 5. The van der Waals surface area contributed by atoms with Gasteiger partial charge in [0.1, 0.15) is 11.6 Å². The highest BCUT2D eigenvalue weighted by Gasteiger charge is 2.50. The Kier molecular flexibility index (Phi) is 4.71. The quantitative estimate of drug-likeness (QED) is 0.567. The van der Waals surface area contributed by atoms with Crippen LogP contribution < -0.4 is 10.6 Å². The van der Waals surface area contributed by atoms with Crippen LogP contribution in [-0.2, 0) is 12.0 Å². The second-order valence-electron chi connectivity index (χ2n) is 10.2. The van der Waals surface area contributed by atoms with Crippen molar-refractivity contribution in [1.82, 2.24) is 19.5 Å². The van der Waals surface area contributed by atoms with Crippen molar-refractivity contribution in [2.24, 2.45) is 0 Å². The van der Waals surface area contributed by atoms with Crippen molar-refractivity contribution >= 4 is 11.8 Å². The Hall–Kier alpha value is -2.96. The van der Waals surface area contributed by atoms with E-state index in [9.17, 15) is 4.39 Å². The van der Waals surface area contributed by atoms with Crippen molar-refractivity contribution in [1.29, 1.82) is 0 Å². The average molecular weight is 447 g/mol. The molecule has 3 aromatic rings. The Morgan fingerprint density at radius 3 is 2.39 bits per heavy atom. The highest BCUT2D eigenvalue weighted by Crippen LogP contribution is 2.52. The standard InChI is InChI=1S/C26H31FN6/c1-17-15-33(16-29-17)26-12-9-25(10-13-26,11-14-26)32-24-30-22-20(18-3-5-19(27)6-4-18)7-8-21(22)23(28-2)31-24/h3-6,15-16,20H,7-14H2,1-2H3,(H2,28,30,31,32)/t20-,25?,26?/m1/s1. The highest BCUT2D eigenvalue weighted by molar-refractivity contribution is 5.55. The molecule has 2 heterocycles. The van der Waals surface area contributed by atoms with Gasteiger partial charge in [0, 0.05) is 35.8 Å². The van der Waals surface area contributed by atoms with E-state index in [0.717, 1.165) is 80.1 Å². The van der Waals surface area contributed by atoms with Gasteiger partial charge in [-0.1, -0.05) is 12.1 Å². The molecule has 2 aromatic heterocycles. The molecule has 2 bridgehead atoms. The largest absolute Gasteiger partial charge is 0.373 e. The minimum absolute atomic E-state index is 0.0562. The molecular formula is C26H31FN6. The summed E-state index contributed by atoms with van der Waals surface area (Å²) in [5.41, 5.74) is 4.75. The SMILES string of the molecule is CNc1nc(NC23CCC(n4cnc(C)c4)(CC2)CC3)nc2c1CC[C@@H]2c1ccc(F)cc1. The Labute approximate surface area is 194 Å². The van der Waals surface area contributed by atoms with E-state index in [1.165, 1.54) is 5.56 Å². The number of imidazole rings is 1. The summed E-state index contributed by atoms with van der Waals surface area (Å²) in [4.78, 5) is 14.4. The highest BCUT2D eigenvalue weighted by atomic mass is 19.1. The molecule has 0 amide bonds. The summed E-state index contributed by atoms with van der Waals surface area (Å²) >= 11 is 0. The predicted octanol–water partition coefficient (Wildman–Crippen LogP) is 5.15. The van der Waals surface area contributed by atoms with Crippen LogP contribution in [-0.4, -0.2) is 32.1 Å². The second-order valence-corrected chi connectivity index (χ2v) is 10.2.